The van der Waals surface area contributed by atoms with E-state index >= 15 is 0 Å². The van der Waals surface area contributed by atoms with Crippen LogP contribution in [0.1, 0.15) is 28.7 Å². The maximum atomic E-state index is 12.6. The van der Waals surface area contributed by atoms with Gasteiger partial charge in [0.1, 0.15) is 5.75 Å². The minimum atomic E-state index is 0.110. The molecule has 1 aliphatic rings. The van der Waals surface area contributed by atoms with Crippen LogP contribution in [0.5, 0.6) is 5.75 Å². The molecule has 0 aliphatic heterocycles. The topological polar surface area (TPSA) is 31.2 Å². The van der Waals surface area contributed by atoms with Gasteiger partial charge in [-0.25, -0.2) is 0 Å². The molecule has 0 unspecified atom stereocenters. The van der Waals surface area contributed by atoms with Crippen LogP contribution in [0.25, 0.3) is 0 Å². The number of pyridine rings is 1. The zero-order valence-corrected chi connectivity index (χ0v) is 13.9. The number of hydrogen-bond acceptors (Lipinski definition) is 2. The number of ether oxygens (including phenoxy) is 1. The lowest BCUT2D eigenvalue weighted by Gasteiger charge is -2.15. The van der Waals surface area contributed by atoms with E-state index in [1.807, 2.05) is 35.8 Å². The van der Waals surface area contributed by atoms with Crippen molar-refractivity contribution >= 4 is 15.9 Å². The summed E-state index contributed by atoms with van der Waals surface area (Å²) in [6, 6.07) is 7.85. The molecule has 3 rings (SSSR count). The van der Waals surface area contributed by atoms with E-state index in [0.717, 1.165) is 40.7 Å². The summed E-state index contributed by atoms with van der Waals surface area (Å²) in [6.07, 6.45) is 3.22. The molecule has 1 aromatic heterocycles. The summed E-state index contributed by atoms with van der Waals surface area (Å²) in [5, 5.41) is 0. The van der Waals surface area contributed by atoms with Crippen LogP contribution in [0, 0.1) is 6.92 Å². The second kappa shape index (κ2) is 5.68. The maximum absolute atomic E-state index is 12.6. The predicted molar refractivity (Wildman–Crippen MR) is 87.3 cm³/mol. The van der Waals surface area contributed by atoms with Crippen LogP contribution in [0.2, 0.25) is 0 Å². The van der Waals surface area contributed by atoms with Crippen molar-refractivity contribution in [2.45, 2.75) is 32.7 Å². The minimum absolute atomic E-state index is 0.110. The zero-order chi connectivity index (χ0) is 15.0. The molecule has 0 spiro atoms. The predicted octanol–water partition coefficient (Wildman–Crippen LogP) is 3.46. The summed E-state index contributed by atoms with van der Waals surface area (Å²) in [5.41, 5.74) is 4.66. The average Bonchev–Trinajstić information content (AvgIpc) is 3.00. The number of aromatic nitrogens is 1. The van der Waals surface area contributed by atoms with Crippen molar-refractivity contribution < 1.29 is 4.74 Å². The molecule has 2 aromatic rings. The molecular formula is C17H18BrNO2. The molecule has 0 bridgehead atoms. The third-order valence-electron chi connectivity index (χ3n) is 4.22. The number of rotatable bonds is 3. The van der Waals surface area contributed by atoms with Gasteiger partial charge in [0.15, 0.2) is 0 Å². The second-order valence-electron chi connectivity index (χ2n) is 5.47. The molecule has 0 N–H and O–H groups in total. The van der Waals surface area contributed by atoms with Crippen molar-refractivity contribution in [2.24, 2.45) is 0 Å². The van der Waals surface area contributed by atoms with E-state index in [2.05, 4.69) is 15.9 Å². The van der Waals surface area contributed by atoms with Crippen molar-refractivity contribution in [3.63, 3.8) is 0 Å². The van der Waals surface area contributed by atoms with Crippen molar-refractivity contribution in [3.05, 3.63) is 61.5 Å². The quantitative estimate of drug-likeness (QED) is 0.796. The number of nitrogens with zero attached hydrogens (tertiary/aromatic N) is 1. The molecular weight excluding hydrogens is 330 g/mol. The van der Waals surface area contributed by atoms with Gasteiger partial charge < -0.3 is 4.74 Å². The highest BCUT2D eigenvalue weighted by Gasteiger charge is 2.21. The van der Waals surface area contributed by atoms with Gasteiger partial charge in [0.05, 0.1) is 18.3 Å². The highest BCUT2D eigenvalue weighted by atomic mass is 79.9. The Bertz CT molecular complexity index is 732. The van der Waals surface area contributed by atoms with Crippen molar-refractivity contribution in [2.75, 3.05) is 7.11 Å². The van der Waals surface area contributed by atoms with E-state index in [1.54, 1.807) is 7.11 Å². The molecule has 0 saturated carbocycles. The zero-order valence-electron chi connectivity index (χ0n) is 12.3. The minimum Gasteiger partial charge on any atom is -0.497 e. The monoisotopic (exact) mass is 347 g/mol. The summed E-state index contributed by atoms with van der Waals surface area (Å²) in [6.45, 7) is 2.53. The summed E-state index contributed by atoms with van der Waals surface area (Å²) < 4.78 is 7.95. The van der Waals surface area contributed by atoms with E-state index in [9.17, 15) is 4.79 Å². The summed E-state index contributed by atoms with van der Waals surface area (Å²) in [7, 11) is 1.65. The largest absolute Gasteiger partial charge is 0.497 e. The van der Waals surface area contributed by atoms with Gasteiger partial charge in [0, 0.05) is 5.56 Å². The molecule has 1 aromatic carbocycles. The van der Waals surface area contributed by atoms with E-state index in [4.69, 9.17) is 4.74 Å². The Hall–Kier alpha value is -1.55. The highest BCUT2D eigenvalue weighted by molar-refractivity contribution is 9.10. The molecule has 0 atom stereocenters. The molecule has 1 aliphatic carbocycles. The van der Waals surface area contributed by atoms with Crippen LogP contribution in [-0.4, -0.2) is 11.7 Å². The fourth-order valence-corrected chi connectivity index (χ4v) is 3.75. The SMILES string of the molecule is COc1ccc(Cn2c(Br)c3c(c(C)c2=O)CCC3)cc1. The Labute approximate surface area is 132 Å². The summed E-state index contributed by atoms with van der Waals surface area (Å²) in [4.78, 5) is 12.6. The molecule has 110 valence electrons. The number of fused-ring (bicyclic) bond motifs is 1. The maximum Gasteiger partial charge on any atom is 0.254 e. The van der Waals surface area contributed by atoms with E-state index in [-0.39, 0.29) is 5.56 Å². The molecule has 0 radical (unpaired) electrons. The Morgan fingerprint density at radius 2 is 1.86 bits per heavy atom. The smallest absolute Gasteiger partial charge is 0.254 e. The van der Waals surface area contributed by atoms with Gasteiger partial charge in [-0.05, 0) is 70.9 Å². The lowest BCUT2D eigenvalue weighted by Crippen LogP contribution is -2.26. The standard InChI is InChI=1S/C17H18BrNO2/c1-11-14-4-3-5-15(14)16(18)19(17(11)20)10-12-6-8-13(21-2)9-7-12/h6-9H,3-5,10H2,1-2H3. The fourth-order valence-electron chi connectivity index (χ4n) is 3.02. The van der Waals surface area contributed by atoms with Crippen LogP contribution in [0.4, 0.5) is 0 Å². The number of hydrogen-bond donors (Lipinski definition) is 0. The molecule has 1 heterocycles. The van der Waals surface area contributed by atoms with E-state index in [1.165, 1.54) is 11.1 Å². The molecule has 0 fully saturated rings. The van der Waals surface area contributed by atoms with E-state index < -0.39 is 0 Å². The van der Waals surface area contributed by atoms with Gasteiger partial charge >= 0.3 is 0 Å². The molecule has 21 heavy (non-hydrogen) atoms. The van der Waals surface area contributed by atoms with Gasteiger partial charge in [-0.1, -0.05) is 12.1 Å². The summed E-state index contributed by atoms with van der Waals surface area (Å²) in [5.74, 6) is 0.829. The van der Waals surface area contributed by atoms with Crippen LogP contribution in [0.15, 0.2) is 33.7 Å². The summed E-state index contributed by atoms with van der Waals surface area (Å²) >= 11 is 3.64. The van der Waals surface area contributed by atoms with Gasteiger partial charge in [0.25, 0.3) is 5.56 Å². The number of benzene rings is 1. The number of methoxy groups -OCH3 is 1. The lowest BCUT2D eigenvalue weighted by molar-refractivity contribution is 0.414. The van der Waals surface area contributed by atoms with Crippen LogP contribution >= 0.6 is 15.9 Å². The van der Waals surface area contributed by atoms with Gasteiger partial charge in [-0.3, -0.25) is 9.36 Å². The third kappa shape index (κ3) is 2.53. The Kier molecular flexibility index (Phi) is 3.89. The molecule has 3 nitrogen and oxygen atoms in total. The van der Waals surface area contributed by atoms with Crippen LogP contribution in [-0.2, 0) is 19.4 Å². The number of halogens is 1. The first-order valence-electron chi connectivity index (χ1n) is 7.15. The van der Waals surface area contributed by atoms with Gasteiger partial charge in [0.2, 0.25) is 0 Å². The first kappa shape index (κ1) is 14.4. The molecule has 0 amide bonds. The Morgan fingerprint density at radius 1 is 1.19 bits per heavy atom. The van der Waals surface area contributed by atoms with Crippen molar-refractivity contribution in [1.29, 1.82) is 0 Å². The van der Waals surface area contributed by atoms with Crippen molar-refractivity contribution in [3.8, 4) is 5.75 Å². The lowest BCUT2D eigenvalue weighted by atomic mass is 10.1. The van der Waals surface area contributed by atoms with Gasteiger partial charge in [-0.15, -0.1) is 0 Å². The fraction of sp³-hybridized carbons (Fsp3) is 0.353. The normalized spacial score (nSPS) is 13.3. The van der Waals surface area contributed by atoms with E-state index in [0.29, 0.717) is 6.54 Å². The Morgan fingerprint density at radius 3 is 2.52 bits per heavy atom. The molecule has 0 saturated heterocycles. The third-order valence-corrected chi connectivity index (χ3v) is 5.13. The highest BCUT2D eigenvalue weighted by Crippen LogP contribution is 2.30. The molecule has 4 heteroatoms. The van der Waals surface area contributed by atoms with Crippen LogP contribution in [0.3, 0.4) is 0 Å². The second-order valence-corrected chi connectivity index (χ2v) is 6.22. The Balaban J connectivity index is 2.02. The average molecular weight is 348 g/mol. The van der Waals surface area contributed by atoms with Crippen LogP contribution < -0.4 is 10.3 Å². The van der Waals surface area contributed by atoms with Crippen molar-refractivity contribution in [1.82, 2.24) is 4.57 Å². The first-order chi connectivity index (χ1) is 10.1. The first-order valence-corrected chi connectivity index (χ1v) is 7.94. The van der Waals surface area contributed by atoms with Gasteiger partial charge in [-0.2, -0.15) is 0 Å².